The fraction of sp³-hybridized carbons (Fsp3) is 0.571. The molecule has 2 rings (SSSR count). The van der Waals surface area contributed by atoms with Gasteiger partial charge in [0.2, 0.25) is 5.91 Å². The van der Waals surface area contributed by atoms with Crippen molar-refractivity contribution in [1.29, 1.82) is 0 Å². The van der Waals surface area contributed by atoms with Crippen molar-refractivity contribution in [2.75, 3.05) is 19.6 Å². The van der Waals surface area contributed by atoms with E-state index in [1.165, 1.54) is 10.6 Å². The molecule has 5 nitrogen and oxygen atoms in total. The Kier molecular flexibility index (Phi) is 7.42. The number of aromatic nitrogens is 1. The maximum atomic E-state index is 12.5. The van der Waals surface area contributed by atoms with Gasteiger partial charge in [-0.15, -0.1) is 12.4 Å². The zero-order valence-corrected chi connectivity index (χ0v) is 14.5. The highest BCUT2D eigenvalue weighted by Crippen LogP contribution is 2.11. The van der Waals surface area contributed by atoms with Crippen LogP contribution in [0.25, 0.3) is 0 Å². The molecular weight excluding hydrogens is 358 g/mol. The van der Waals surface area contributed by atoms with Gasteiger partial charge in [0, 0.05) is 35.9 Å². The SMILES string of the molecule is CCCN(C(=O)Cn1cc(Br)ccc1=O)C1CCNC1.Cl. The average molecular weight is 379 g/mol. The molecule has 0 bridgehead atoms. The van der Waals surface area contributed by atoms with Crippen LogP contribution in [-0.4, -0.2) is 41.1 Å². The molecule has 1 fully saturated rings. The van der Waals surface area contributed by atoms with E-state index in [1.54, 1.807) is 12.3 Å². The minimum Gasteiger partial charge on any atom is -0.337 e. The molecular formula is C14H21BrClN3O2. The van der Waals surface area contributed by atoms with Crippen molar-refractivity contribution in [3.05, 3.63) is 33.2 Å². The molecule has 0 aromatic carbocycles. The van der Waals surface area contributed by atoms with Crippen molar-refractivity contribution in [2.24, 2.45) is 0 Å². The summed E-state index contributed by atoms with van der Waals surface area (Å²) < 4.78 is 2.26. The normalized spacial score (nSPS) is 17.3. The molecule has 1 aromatic heterocycles. The molecule has 1 aliphatic rings. The van der Waals surface area contributed by atoms with Gasteiger partial charge in [0.25, 0.3) is 5.56 Å². The zero-order chi connectivity index (χ0) is 14.5. The third-order valence-corrected chi connectivity index (χ3v) is 3.98. The quantitative estimate of drug-likeness (QED) is 0.847. The number of hydrogen-bond acceptors (Lipinski definition) is 3. The molecule has 1 unspecified atom stereocenters. The fourth-order valence-electron chi connectivity index (χ4n) is 2.52. The Hall–Kier alpha value is -0.850. The molecule has 1 aromatic rings. The predicted octanol–water partition coefficient (Wildman–Crippen LogP) is 1.63. The first-order chi connectivity index (χ1) is 9.61. The van der Waals surface area contributed by atoms with Crippen molar-refractivity contribution >= 4 is 34.2 Å². The first-order valence-electron chi connectivity index (χ1n) is 6.98. The maximum absolute atomic E-state index is 12.5. The van der Waals surface area contributed by atoms with Crippen molar-refractivity contribution in [3.8, 4) is 0 Å². The highest BCUT2D eigenvalue weighted by molar-refractivity contribution is 9.10. The Morgan fingerprint density at radius 2 is 2.29 bits per heavy atom. The summed E-state index contributed by atoms with van der Waals surface area (Å²) in [6.45, 7) is 4.71. The van der Waals surface area contributed by atoms with Crippen LogP contribution in [0.4, 0.5) is 0 Å². The Labute approximate surface area is 139 Å². The summed E-state index contributed by atoms with van der Waals surface area (Å²) in [5, 5.41) is 3.28. The Bertz CT molecular complexity index is 529. The minimum absolute atomic E-state index is 0. The van der Waals surface area contributed by atoms with Crippen molar-refractivity contribution < 1.29 is 4.79 Å². The third-order valence-electron chi connectivity index (χ3n) is 3.51. The van der Waals surface area contributed by atoms with Crippen LogP contribution in [0, 0.1) is 0 Å². The van der Waals surface area contributed by atoms with Crippen LogP contribution in [0.15, 0.2) is 27.6 Å². The highest BCUT2D eigenvalue weighted by Gasteiger charge is 2.25. The minimum atomic E-state index is -0.150. The number of carbonyl (C=O) groups excluding carboxylic acids is 1. The van der Waals surface area contributed by atoms with Gasteiger partial charge in [0.15, 0.2) is 0 Å². The summed E-state index contributed by atoms with van der Waals surface area (Å²) in [7, 11) is 0. The van der Waals surface area contributed by atoms with E-state index in [4.69, 9.17) is 0 Å². The van der Waals surface area contributed by atoms with Crippen molar-refractivity contribution in [1.82, 2.24) is 14.8 Å². The third kappa shape index (κ3) is 4.83. The van der Waals surface area contributed by atoms with Crippen molar-refractivity contribution in [2.45, 2.75) is 32.4 Å². The van der Waals surface area contributed by atoms with Gasteiger partial charge < -0.3 is 14.8 Å². The maximum Gasteiger partial charge on any atom is 0.251 e. The molecule has 1 atom stereocenters. The summed E-state index contributed by atoms with van der Waals surface area (Å²) in [6, 6.07) is 3.41. The molecule has 1 saturated heterocycles. The van der Waals surface area contributed by atoms with Crippen molar-refractivity contribution in [3.63, 3.8) is 0 Å². The van der Waals surface area contributed by atoms with E-state index in [-0.39, 0.29) is 36.5 Å². The second-order valence-electron chi connectivity index (χ2n) is 5.05. The van der Waals surface area contributed by atoms with Crippen LogP contribution in [0.5, 0.6) is 0 Å². The molecule has 1 N–H and O–H groups in total. The van der Waals surface area contributed by atoms with Gasteiger partial charge in [-0.3, -0.25) is 9.59 Å². The molecule has 118 valence electrons. The molecule has 1 aliphatic heterocycles. The predicted molar refractivity (Wildman–Crippen MR) is 88.9 cm³/mol. The second kappa shape index (κ2) is 8.56. The summed E-state index contributed by atoms with van der Waals surface area (Å²) >= 11 is 3.33. The van der Waals surface area contributed by atoms with E-state index in [9.17, 15) is 9.59 Å². The van der Waals surface area contributed by atoms with Gasteiger partial charge in [-0.05, 0) is 41.4 Å². The second-order valence-corrected chi connectivity index (χ2v) is 5.96. The smallest absolute Gasteiger partial charge is 0.251 e. The summed E-state index contributed by atoms with van der Waals surface area (Å²) in [5.74, 6) is 0.0146. The van der Waals surface area contributed by atoms with Gasteiger partial charge >= 0.3 is 0 Å². The molecule has 0 aliphatic carbocycles. The topological polar surface area (TPSA) is 54.3 Å². The van der Waals surface area contributed by atoms with E-state index < -0.39 is 0 Å². The highest BCUT2D eigenvalue weighted by atomic mass is 79.9. The Morgan fingerprint density at radius 3 is 2.90 bits per heavy atom. The first-order valence-corrected chi connectivity index (χ1v) is 7.77. The molecule has 1 amide bonds. The van der Waals surface area contributed by atoms with Crippen LogP contribution in [0.2, 0.25) is 0 Å². The first kappa shape index (κ1) is 18.2. The van der Waals surface area contributed by atoms with Gasteiger partial charge in [0.05, 0.1) is 0 Å². The number of halogens is 2. The molecule has 0 saturated carbocycles. The van der Waals surface area contributed by atoms with Crippen LogP contribution < -0.4 is 10.9 Å². The van der Waals surface area contributed by atoms with Gasteiger partial charge in [-0.25, -0.2) is 0 Å². The average Bonchev–Trinajstić information content (AvgIpc) is 2.93. The Balaban J connectivity index is 0.00000220. The lowest BCUT2D eigenvalue weighted by atomic mass is 10.2. The van der Waals surface area contributed by atoms with Crippen LogP contribution in [0.1, 0.15) is 19.8 Å². The number of pyridine rings is 1. The van der Waals surface area contributed by atoms with Crippen LogP contribution in [0.3, 0.4) is 0 Å². The van der Waals surface area contributed by atoms with E-state index in [1.807, 2.05) is 4.90 Å². The summed E-state index contributed by atoms with van der Waals surface area (Å²) in [5.41, 5.74) is -0.150. The number of amides is 1. The summed E-state index contributed by atoms with van der Waals surface area (Å²) in [6.07, 6.45) is 3.58. The van der Waals surface area contributed by atoms with Gasteiger partial charge in [0.1, 0.15) is 6.54 Å². The van der Waals surface area contributed by atoms with E-state index >= 15 is 0 Å². The molecule has 2 heterocycles. The lowest BCUT2D eigenvalue weighted by Gasteiger charge is -2.28. The van der Waals surface area contributed by atoms with E-state index in [0.29, 0.717) is 0 Å². The summed E-state index contributed by atoms with van der Waals surface area (Å²) in [4.78, 5) is 26.2. The number of hydrogen-bond donors (Lipinski definition) is 1. The molecule has 0 spiro atoms. The van der Waals surface area contributed by atoms with Gasteiger partial charge in [-0.2, -0.15) is 0 Å². The lowest BCUT2D eigenvalue weighted by molar-refractivity contribution is -0.133. The number of carbonyl (C=O) groups is 1. The van der Waals surface area contributed by atoms with Crippen LogP contribution in [-0.2, 0) is 11.3 Å². The lowest BCUT2D eigenvalue weighted by Crippen LogP contribution is -2.44. The molecule has 21 heavy (non-hydrogen) atoms. The largest absolute Gasteiger partial charge is 0.337 e. The zero-order valence-electron chi connectivity index (χ0n) is 12.0. The fourth-order valence-corrected chi connectivity index (χ4v) is 2.90. The van der Waals surface area contributed by atoms with Crippen LogP contribution >= 0.6 is 28.3 Å². The number of nitrogens with zero attached hydrogens (tertiary/aromatic N) is 2. The number of nitrogens with one attached hydrogen (secondary N) is 1. The Morgan fingerprint density at radius 1 is 1.52 bits per heavy atom. The van der Waals surface area contributed by atoms with E-state index in [0.717, 1.165) is 36.9 Å². The van der Waals surface area contributed by atoms with E-state index in [2.05, 4.69) is 28.2 Å². The molecule has 0 radical (unpaired) electrons. The monoisotopic (exact) mass is 377 g/mol. The standard InChI is InChI=1S/C14H20BrN3O2.ClH/c1-2-7-18(12-5-6-16-8-12)14(20)10-17-9-11(15)3-4-13(17)19;/h3-4,9,12,16H,2,5-8,10H2,1H3;1H. The van der Waals surface area contributed by atoms with Gasteiger partial charge in [-0.1, -0.05) is 6.92 Å². The number of rotatable bonds is 5. The molecule has 7 heteroatoms.